The van der Waals surface area contributed by atoms with Crippen molar-refractivity contribution >= 4 is 23.2 Å². The molecular formula is C8H17N3OS. The average Bonchev–Trinajstić information content (AvgIpc) is 2.14. The van der Waals surface area contributed by atoms with Gasteiger partial charge in [-0.2, -0.15) is 0 Å². The van der Waals surface area contributed by atoms with Crippen molar-refractivity contribution in [3.05, 3.63) is 0 Å². The zero-order valence-electron chi connectivity index (χ0n) is 8.55. The third kappa shape index (κ3) is 4.07. The number of amides is 1. The van der Waals surface area contributed by atoms with Crippen LogP contribution in [0.25, 0.3) is 0 Å². The van der Waals surface area contributed by atoms with Crippen molar-refractivity contribution in [3.8, 4) is 0 Å². The minimum atomic E-state index is -0.273. The molecule has 2 N–H and O–H groups in total. The molecule has 0 aromatic carbocycles. The summed E-state index contributed by atoms with van der Waals surface area (Å²) in [5, 5.41) is 6.12. The van der Waals surface area contributed by atoms with Gasteiger partial charge in [0.05, 0.1) is 0 Å². The second kappa shape index (κ2) is 5.75. The molecule has 0 rings (SSSR count). The number of hydrogen-bond donors (Lipinski definition) is 2. The monoisotopic (exact) mass is 203 g/mol. The Bertz CT molecular complexity index is 196. The van der Waals surface area contributed by atoms with Gasteiger partial charge in [-0.05, 0) is 26.1 Å². The van der Waals surface area contributed by atoms with Crippen LogP contribution in [0.3, 0.4) is 0 Å². The molecule has 0 bridgehead atoms. The van der Waals surface area contributed by atoms with Gasteiger partial charge in [0.25, 0.3) is 0 Å². The normalized spacial score (nSPS) is 11.7. The van der Waals surface area contributed by atoms with E-state index >= 15 is 0 Å². The Balaban J connectivity index is 4.03. The third-order valence-corrected chi connectivity index (χ3v) is 2.12. The second-order valence-electron chi connectivity index (χ2n) is 2.80. The van der Waals surface area contributed by atoms with Crippen molar-refractivity contribution in [1.29, 1.82) is 0 Å². The van der Waals surface area contributed by atoms with E-state index in [0.717, 1.165) is 0 Å². The number of nitrogens with one attached hydrogen (secondary N) is 2. The van der Waals surface area contributed by atoms with Crippen LogP contribution in [-0.2, 0) is 4.79 Å². The molecule has 76 valence electrons. The maximum atomic E-state index is 11.5. The Hall–Kier alpha value is -0.840. The number of carbonyl (C=O) groups is 1. The van der Waals surface area contributed by atoms with Gasteiger partial charge in [-0.15, -0.1) is 0 Å². The van der Waals surface area contributed by atoms with E-state index in [4.69, 9.17) is 12.2 Å². The van der Waals surface area contributed by atoms with E-state index in [-0.39, 0.29) is 11.9 Å². The van der Waals surface area contributed by atoms with E-state index in [1.54, 1.807) is 25.9 Å². The van der Waals surface area contributed by atoms with Crippen molar-refractivity contribution < 1.29 is 4.79 Å². The predicted molar refractivity (Wildman–Crippen MR) is 57.6 cm³/mol. The van der Waals surface area contributed by atoms with E-state index in [9.17, 15) is 4.79 Å². The van der Waals surface area contributed by atoms with Crippen LogP contribution < -0.4 is 10.6 Å². The Morgan fingerprint density at radius 2 is 2.15 bits per heavy atom. The summed E-state index contributed by atoms with van der Waals surface area (Å²) in [6, 6.07) is -0.273. The minimum Gasteiger partial charge on any atom is -0.366 e. The summed E-state index contributed by atoms with van der Waals surface area (Å²) in [6.45, 7) is 4.43. The van der Waals surface area contributed by atoms with Crippen LogP contribution in [0.1, 0.15) is 13.8 Å². The lowest BCUT2D eigenvalue weighted by Crippen LogP contribution is -2.47. The molecule has 0 aromatic heterocycles. The SMILES string of the molecule is CCN(C)C(=O)C(C)NC(=S)NC. The molecule has 1 amide bonds. The lowest BCUT2D eigenvalue weighted by atomic mass is 10.3. The highest BCUT2D eigenvalue weighted by atomic mass is 32.1. The molecule has 0 saturated heterocycles. The highest BCUT2D eigenvalue weighted by Crippen LogP contribution is 1.90. The van der Waals surface area contributed by atoms with Gasteiger partial charge in [0.15, 0.2) is 5.11 Å². The molecule has 0 fully saturated rings. The van der Waals surface area contributed by atoms with Crippen molar-refractivity contribution in [1.82, 2.24) is 15.5 Å². The van der Waals surface area contributed by atoms with Gasteiger partial charge in [0.1, 0.15) is 6.04 Å². The lowest BCUT2D eigenvalue weighted by Gasteiger charge is -2.21. The molecule has 13 heavy (non-hydrogen) atoms. The largest absolute Gasteiger partial charge is 0.366 e. The molecule has 0 aromatic rings. The quantitative estimate of drug-likeness (QED) is 0.631. The van der Waals surface area contributed by atoms with E-state index in [2.05, 4.69) is 10.6 Å². The summed E-state index contributed by atoms with van der Waals surface area (Å²) in [5.41, 5.74) is 0. The van der Waals surface area contributed by atoms with Crippen LogP contribution in [0.15, 0.2) is 0 Å². The smallest absolute Gasteiger partial charge is 0.244 e. The second-order valence-corrected chi connectivity index (χ2v) is 3.21. The Morgan fingerprint density at radius 1 is 1.62 bits per heavy atom. The first-order valence-electron chi connectivity index (χ1n) is 4.26. The first kappa shape index (κ1) is 12.2. The molecular weight excluding hydrogens is 186 g/mol. The van der Waals surface area contributed by atoms with E-state index in [1.807, 2.05) is 6.92 Å². The average molecular weight is 203 g/mol. The van der Waals surface area contributed by atoms with Crippen LogP contribution in [0.5, 0.6) is 0 Å². The Labute approximate surface area is 84.7 Å². The van der Waals surface area contributed by atoms with Gasteiger partial charge in [0.2, 0.25) is 5.91 Å². The molecule has 1 unspecified atom stereocenters. The topological polar surface area (TPSA) is 44.4 Å². The molecule has 0 aliphatic carbocycles. The fourth-order valence-electron chi connectivity index (χ4n) is 0.817. The summed E-state index contributed by atoms with van der Waals surface area (Å²) < 4.78 is 0. The molecule has 4 nitrogen and oxygen atoms in total. The molecule has 0 aliphatic rings. The number of nitrogens with zero attached hydrogens (tertiary/aromatic N) is 1. The molecule has 1 atom stereocenters. The van der Waals surface area contributed by atoms with Crippen molar-refractivity contribution in [2.45, 2.75) is 19.9 Å². The summed E-state index contributed by atoms with van der Waals surface area (Å²) in [6.07, 6.45) is 0. The third-order valence-electron chi connectivity index (χ3n) is 1.80. The number of rotatable bonds is 3. The summed E-state index contributed by atoms with van der Waals surface area (Å²) in [7, 11) is 3.49. The van der Waals surface area contributed by atoms with Crippen molar-refractivity contribution in [2.75, 3.05) is 20.6 Å². The first-order chi connectivity index (χ1) is 6.02. The van der Waals surface area contributed by atoms with E-state index in [0.29, 0.717) is 11.7 Å². The van der Waals surface area contributed by atoms with E-state index < -0.39 is 0 Å². The minimum absolute atomic E-state index is 0.0418. The summed E-state index contributed by atoms with van der Waals surface area (Å²) in [5.74, 6) is 0.0418. The van der Waals surface area contributed by atoms with Gasteiger partial charge in [-0.1, -0.05) is 0 Å². The van der Waals surface area contributed by atoms with Crippen LogP contribution in [0.2, 0.25) is 0 Å². The number of carbonyl (C=O) groups excluding carboxylic acids is 1. The molecule has 0 radical (unpaired) electrons. The Morgan fingerprint density at radius 3 is 2.54 bits per heavy atom. The van der Waals surface area contributed by atoms with Gasteiger partial charge in [0, 0.05) is 20.6 Å². The van der Waals surface area contributed by atoms with Crippen LogP contribution in [0, 0.1) is 0 Å². The molecule has 0 aliphatic heterocycles. The maximum Gasteiger partial charge on any atom is 0.244 e. The molecule has 0 spiro atoms. The van der Waals surface area contributed by atoms with Crippen molar-refractivity contribution in [2.24, 2.45) is 0 Å². The van der Waals surface area contributed by atoms with Gasteiger partial charge in [-0.25, -0.2) is 0 Å². The highest BCUT2D eigenvalue weighted by Gasteiger charge is 2.15. The van der Waals surface area contributed by atoms with Crippen LogP contribution >= 0.6 is 12.2 Å². The predicted octanol–water partition coefficient (Wildman–Crippen LogP) is -0.0529. The zero-order valence-corrected chi connectivity index (χ0v) is 9.36. The van der Waals surface area contributed by atoms with Gasteiger partial charge >= 0.3 is 0 Å². The molecule has 0 saturated carbocycles. The number of thiocarbonyl (C=S) groups is 1. The molecule has 0 heterocycles. The van der Waals surface area contributed by atoms with Crippen molar-refractivity contribution in [3.63, 3.8) is 0 Å². The van der Waals surface area contributed by atoms with Gasteiger partial charge in [-0.3, -0.25) is 4.79 Å². The first-order valence-corrected chi connectivity index (χ1v) is 4.67. The Kier molecular flexibility index (Phi) is 5.37. The fraction of sp³-hybridized carbons (Fsp3) is 0.750. The molecule has 5 heteroatoms. The highest BCUT2D eigenvalue weighted by molar-refractivity contribution is 7.80. The standard InChI is InChI=1S/C8H17N3OS/c1-5-11(4)7(12)6(2)10-8(13)9-3/h6H,5H2,1-4H3,(H2,9,10,13). The zero-order chi connectivity index (χ0) is 10.4. The van der Waals surface area contributed by atoms with Crippen LogP contribution in [0.4, 0.5) is 0 Å². The number of likely N-dealkylation sites (N-methyl/N-ethyl adjacent to an activating group) is 1. The lowest BCUT2D eigenvalue weighted by molar-refractivity contribution is -0.131. The van der Waals surface area contributed by atoms with E-state index in [1.165, 1.54) is 0 Å². The van der Waals surface area contributed by atoms with Gasteiger partial charge < -0.3 is 15.5 Å². The maximum absolute atomic E-state index is 11.5. The fourth-order valence-corrected chi connectivity index (χ4v) is 0.994. The van der Waals surface area contributed by atoms with Crippen LogP contribution in [-0.4, -0.2) is 42.6 Å². The number of hydrogen-bond acceptors (Lipinski definition) is 2. The summed E-state index contributed by atoms with van der Waals surface area (Å²) in [4.78, 5) is 13.2. The summed E-state index contributed by atoms with van der Waals surface area (Å²) >= 11 is 4.88.